The molecule has 0 N–H and O–H groups in total. The van der Waals surface area contributed by atoms with Crippen LogP contribution in [0.5, 0.6) is 0 Å². The van der Waals surface area contributed by atoms with Crippen LogP contribution in [0.3, 0.4) is 0 Å². The van der Waals surface area contributed by atoms with Crippen LogP contribution in [-0.2, 0) is 6.42 Å². The van der Waals surface area contributed by atoms with E-state index >= 15 is 0 Å². The molecule has 1 heterocycles. The lowest BCUT2D eigenvalue weighted by molar-refractivity contribution is -0.384. The molecule has 1 unspecified atom stereocenters. The van der Waals surface area contributed by atoms with Crippen LogP contribution in [0.25, 0.3) is 0 Å². The molecule has 6 nitrogen and oxygen atoms in total. The number of nitro benzene ring substituents is 1. The highest BCUT2D eigenvalue weighted by atomic mass is 16.6. The van der Waals surface area contributed by atoms with Crippen LogP contribution >= 0.6 is 0 Å². The summed E-state index contributed by atoms with van der Waals surface area (Å²) in [6.45, 7) is 6.04. The number of nitro groups is 1. The Kier molecular flexibility index (Phi) is 4.40. The van der Waals surface area contributed by atoms with E-state index in [4.69, 9.17) is 0 Å². The molecule has 0 saturated heterocycles. The van der Waals surface area contributed by atoms with Crippen LogP contribution in [0.2, 0.25) is 0 Å². The first-order chi connectivity index (χ1) is 10.3. The maximum Gasteiger partial charge on any atom is 0.269 e. The number of aromatic nitrogens is 2. The van der Waals surface area contributed by atoms with Crippen molar-refractivity contribution < 1.29 is 9.72 Å². The Bertz CT molecular complexity index is 655. The van der Waals surface area contributed by atoms with Gasteiger partial charge in [-0.15, -0.1) is 0 Å². The number of carbonyl (C=O) groups is 1. The molecule has 0 saturated carbocycles. The second kappa shape index (κ2) is 6.09. The third-order valence-electron chi connectivity index (χ3n) is 3.69. The van der Waals surface area contributed by atoms with E-state index in [0.29, 0.717) is 6.42 Å². The number of rotatable bonds is 4. The van der Waals surface area contributed by atoms with Gasteiger partial charge < -0.3 is 0 Å². The minimum Gasteiger partial charge on any atom is -0.276 e. The van der Waals surface area contributed by atoms with Crippen molar-refractivity contribution in [3.63, 3.8) is 0 Å². The van der Waals surface area contributed by atoms with Crippen molar-refractivity contribution in [2.45, 2.75) is 27.2 Å². The molecule has 2 aromatic rings. The average molecular weight is 301 g/mol. The number of carbonyl (C=O) groups excluding carboxylic acids is 1. The Balaban J connectivity index is 2.24. The summed E-state index contributed by atoms with van der Waals surface area (Å²) >= 11 is 0. The molecule has 0 radical (unpaired) electrons. The zero-order valence-corrected chi connectivity index (χ0v) is 12.9. The Morgan fingerprint density at radius 1 is 1.32 bits per heavy atom. The summed E-state index contributed by atoms with van der Waals surface area (Å²) in [4.78, 5) is 26.8. The van der Waals surface area contributed by atoms with Gasteiger partial charge in [-0.25, -0.2) is 4.98 Å². The quantitative estimate of drug-likeness (QED) is 0.641. The third kappa shape index (κ3) is 3.58. The van der Waals surface area contributed by atoms with Gasteiger partial charge in [-0.3, -0.25) is 19.5 Å². The molecule has 0 aliphatic rings. The molecule has 1 aromatic carbocycles. The Morgan fingerprint density at radius 2 is 1.95 bits per heavy atom. The van der Waals surface area contributed by atoms with E-state index in [0.717, 1.165) is 5.56 Å². The van der Waals surface area contributed by atoms with E-state index < -0.39 is 4.92 Å². The molecule has 1 aromatic heterocycles. The molecule has 0 spiro atoms. The van der Waals surface area contributed by atoms with Gasteiger partial charge in [0, 0.05) is 30.4 Å². The van der Waals surface area contributed by atoms with Gasteiger partial charge in [0.25, 0.3) is 5.69 Å². The van der Waals surface area contributed by atoms with Crippen LogP contribution in [0.4, 0.5) is 5.69 Å². The van der Waals surface area contributed by atoms with Gasteiger partial charge in [0.2, 0.25) is 5.91 Å². The molecule has 0 aliphatic heterocycles. The van der Waals surface area contributed by atoms with Crippen molar-refractivity contribution in [1.29, 1.82) is 0 Å². The standard InChI is InChI=1S/C16H19N3O3/c1-16(2,3)14(15(20)18-9-8-17-11-18)10-12-4-6-13(7-5-12)19(21)22/h4-9,11,14H,10H2,1-3H3. The molecule has 0 fully saturated rings. The molecule has 1 atom stereocenters. The molecule has 116 valence electrons. The van der Waals surface area contributed by atoms with Gasteiger partial charge in [0.15, 0.2) is 0 Å². The average Bonchev–Trinajstić information content (AvgIpc) is 2.97. The van der Waals surface area contributed by atoms with Crippen LogP contribution in [-0.4, -0.2) is 20.4 Å². The number of imidazole rings is 1. The smallest absolute Gasteiger partial charge is 0.269 e. The number of non-ortho nitro benzene ring substituents is 1. The molecule has 22 heavy (non-hydrogen) atoms. The normalized spacial score (nSPS) is 12.9. The minimum atomic E-state index is -0.429. The predicted molar refractivity (Wildman–Crippen MR) is 82.6 cm³/mol. The first-order valence-electron chi connectivity index (χ1n) is 7.04. The number of hydrogen-bond acceptors (Lipinski definition) is 4. The lowest BCUT2D eigenvalue weighted by Crippen LogP contribution is -2.33. The van der Waals surface area contributed by atoms with Crippen molar-refractivity contribution in [2.24, 2.45) is 11.3 Å². The molecular weight excluding hydrogens is 282 g/mol. The number of benzene rings is 1. The van der Waals surface area contributed by atoms with Crippen LogP contribution in [0.15, 0.2) is 43.0 Å². The summed E-state index contributed by atoms with van der Waals surface area (Å²) < 4.78 is 1.49. The maximum absolute atomic E-state index is 12.6. The van der Waals surface area contributed by atoms with Crippen molar-refractivity contribution >= 4 is 11.6 Å². The van der Waals surface area contributed by atoms with Crippen molar-refractivity contribution in [3.05, 3.63) is 58.7 Å². The van der Waals surface area contributed by atoms with Gasteiger partial charge in [-0.05, 0) is 17.4 Å². The summed E-state index contributed by atoms with van der Waals surface area (Å²) in [6.07, 6.45) is 5.23. The zero-order chi connectivity index (χ0) is 16.3. The highest BCUT2D eigenvalue weighted by molar-refractivity contribution is 5.82. The fourth-order valence-corrected chi connectivity index (χ4v) is 2.32. The molecular formula is C16H19N3O3. The van der Waals surface area contributed by atoms with E-state index in [2.05, 4.69) is 4.98 Å². The summed E-state index contributed by atoms with van der Waals surface area (Å²) in [6, 6.07) is 6.35. The number of nitrogens with zero attached hydrogens (tertiary/aromatic N) is 3. The number of hydrogen-bond donors (Lipinski definition) is 0. The van der Waals surface area contributed by atoms with Gasteiger partial charge in [-0.2, -0.15) is 0 Å². The minimum absolute atomic E-state index is 0.0247. The summed E-state index contributed by atoms with van der Waals surface area (Å²) in [5.41, 5.74) is 0.722. The highest BCUT2D eigenvalue weighted by Gasteiger charge is 2.32. The van der Waals surface area contributed by atoms with Crippen LogP contribution in [0.1, 0.15) is 31.1 Å². The lowest BCUT2D eigenvalue weighted by Gasteiger charge is -2.29. The SMILES string of the molecule is CC(C)(C)C(Cc1ccc([N+](=O)[O-])cc1)C(=O)n1ccnc1. The molecule has 0 bridgehead atoms. The Morgan fingerprint density at radius 3 is 2.41 bits per heavy atom. The second-order valence-corrected chi connectivity index (χ2v) is 6.35. The van der Waals surface area contributed by atoms with Gasteiger partial charge >= 0.3 is 0 Å². The molecule has 0 amide bonds. The van der Waals surface area contributed by atoms with E-state index in [9.17, 15) is 14.9 Å². The maximum atomic E-state index is 12.6. The highest BCUT2D eigenvalue weighted by Crippen LogP contribution is 2.31. The second-order valence-electron chi connectivity index (χ2n) is 6.35. The van der Waals surface area contributed by atoms with Gasteiger partial charge in [0.1, 0.15) is 6.33 Å². The summed E-state index contributed by atoms with van der Waals surface area (Å²) in [7, 11) is 0. The Hall–Kier alpha value is -2.50. The summed E-state index contributed by atoms with van der Waals surface area (Å²) in [5, 5.41) is 10.7. The van der Waals surface area contributed by atoms with Crippen LogP contribution in [0, 0.1) is 21.4 Å². The van der Waals surface area contributed by atoms with E-state index in [-0.39, 0.29) is 22.9 Å². The topological polar surface area (TPSA) is 78.0 Å². The van der Waals surface area contributed by atoms with Crippen molar-refractivity contribution in [1.82, 2.24) is 9.55 Å². The van der Waals surface area contributed by atoms with E-state index in [1.54, 1.807) is 24.5 Å². The zero-order valence-electron chi connectivity index (χ0n) is 12.9. The summed E-state index contributed by atoms with van der Waals surface area (Å²) in [5.74, 6) is -0.272. The molecule has 2 rings (SSSR count). The van der Waals surface area contributed by atoms with Crippen molar-refractivity contribution in [2.75, 3.05) is 0 Å². The van der Waals surface area contributed by atoms with Crippen molar-refractivity contribution in [3.8, 4) is 0 Å². The predicted octanol–water partition coefficient (Wildman–Crippen LogP) is 3.34. The van der Waals surface area contributed by atoms with Gasteiger partial charge in [-0.1, -0.05) is 32.9 Å². The van der Waals surface area contributed by atoms with E-state index in [1.165, 1.54) is 23.0 Å². The first kappa shape index (κ1) is 15.9. The lowest BCUT2D eigenvalue weighted by atomic mass is 9.76. The first-order valence-corrected chi connectivity index (χ1v) is 7.04. The molecule has 6 heteroatoms. The monoisotopic (exact) mass is 301 g/mol. The fraction of sp³-hybridized carbons (Fsp3) is 0.375. The molecule has 0 aliphatic carbocycles. The van der Waals surface area contributed by atoms with E-state index in [1.807, 2.05) is 20.8 Å². The Labute approximate surface area is 128 Å². The fourth-order valence-electron chi connectivity index (χ4n) is 2.32. The van der Waals surface area contributed by atoms with Gasteiger partial charge in [0.05, 0.1) is 4.92 Å². The third-order valence-corrected chi connectivity index (χ3v) is 3.69. The largest absolute Gasteiger partial charge is 0.276 e. The van der Waals surface area contributed by atoms with Crippen LogP contribution < -0.4 is 0 Å².